The van der Waals surface area contributed by atoms with E-state index in [2.05, 4.69) is 19.1 Å². The predicted molar refractivity (Wildman–Crippen MR) is 104 cm³/mol. The van der Waals surface area contributed by atoms with E-state index in [0.717, 1.165) is 18.4 Å². The Bertz CT molecular complexity index is 855. The van der Waals surface area contributed by atoms with Crippen molar-refractivity contribution in [2.24, 2.45) is 5.92 Å². The number of allylic oxidation sites excluding steroid dienone is 1. The molecule has 3 rings (SSSR count). The summed E-state index contributed by atoms with van der Waals surface area (Å²) < 4.78 is 20.3. The number of carbonyl (C=O) groups is 1. The monoisotopic (exact) mass is 368 g/mol. The Kier molecular flexibility index (Phi) is 5.94. The molecule has 0 radical (unpaired) electrons. The Morgan fingerprint density at radius 3 is 2.70 bits per heavy atom. The Labute approximate surface area is 159 Å². The smallest absolute Gasteiger partial charge is 0.303 e. The molecule has 0 saturated carbocycles. The van der Waals surface area contributed by atoms with Crippen molar-refractivity contribution in [3.8, 4) is 5.75 Å². The molecule has 3 nitrogen and oxygen atoms in total. The second-order valence-corrected chi connectivity index (χ2v) is 7.21. The van der Waals surface area contributed by atoms with Crippen molar-refractivity contribution in [2.45, 2.75) is 39.5 Å². The largest absolute Gasteiger partial charge is 0.486 e. The van der Waals surface area contributed by atoms with Crippen LogP contribution in [0.3, 0.4) is 0 Å². The first-order chi connectivity index (χ1) is 13.0. The SMILES string of the molecule is Cc1cc(OCC2=C(c3ccccc3)C(C)CC2)c(F)cc1CCC(=O)O. The van der Waals surface area contributed by atoms with Gasteiger partial charge in [-0.25, -0.2) is 4.39 Å². The van der Waals surface area contributed by atoms with Gasteiger partial charge in [0.25, 0.3) is 0 Å². The molecule has 1 aliphatic rings. The van der Waals surface area contributed by atoms with Gasteiger partial charge in [0.1, 0.15) is 6.61 Å². The summed E-state index contributed by atoms with van der Waals surface area (Å²) in [6.07, 6.45) is 2.35. The van der Waals surface area contributed by atoms with Crippen molar-refractivity contribution in [3.63, 3.8) is 0 Å². The molecule has 1 N–H and O–H groups in total. The molecule has 0 amide bonds. The molecule has 0 aliphatic heterocycles. The molecule has 27 heavy (non-hydrogen) atoms. The van der Waals surface area contributed by atoms with Gasteiger partial charge in [0.15, 0.2) is 11.6 Å². The summed E-state index contributed by atoms with van der Waals surface area (Å²) in [6.45, 7) is 4.45. The number of halogens is 1. The molecule has 2 aromatic rings. The van der Waals surface area contributed by atoms with Gasteiger partial charge in [-0.05, 0) is 72.1 Å². The zero-order chi connectivity index (χ0) is 19.4. The molecule has 4 heteroatoms. The number of carboxylic acid groups (broad SMARTS) is 1. The van der Waals surface area contributed by atoms with Crippen molar-refractivity contribution in [2.75, 3.05) is 6.61 Å². The van der Waals surface area contributed by atoms with Crippen LogP contribution in [0, 0.1) is 18.7 Å². The summed E-state index contributed by atoms with van der Waals surface area (Å²) in [5, 5.41) is 8.81. The van der Waals surface area contributed by atoms with E-state index in [4.69, 9.17) is 9.84 Å². The number of hydrogen-bond donors (Lipinski definition) is 1. The van der Waals surface area contributed by atoms with E-state index in [1.54, 1.807) is 6.07 Å². The van der Waals surface area contributed by atoms with Crippen molar-refractivity contribution in [1.29, 1.82) is 0 Å². The minimum Gasteiger partial charge on any atom is -0.486 e. The van der Waals surface area contributed by atoms with Gasteiger partial charge >= 0.3 is 5.97 Å². The highest BCUT2D eigenvalue weighted by molar-refractivity contribution is 5.72. The van der Waals surface area contributed by atoms with Crippen molar-refractivity contribution in [1.82, 2.24) is 0 Å². The first-order valence-electron chi connectivity index (χ1n) is 9.36. The summed E-state index contributed by atoms with van der Waals surface area (Å²) in [5.41, 5.74) is 5.30. The van der Waals surface area contributed by atoms with Crippen LogP contribution in [0.1, 0.15) is 42.9 Å². The van der Waals surface area contributed by atoms with Gasteiger partial charge in [-0.2, -0.15) is 0 Å². The number of aliphatic carboxylic acids is 1. The van der Waals surface area contributed by atoms with Crippen LogP contribution >= 0.6 is 0 Å². The highest BCUT2D eigenvalue weighted by Crippen LogP contribution is 2.39. The Balaban J connectivity index is 1.77. The summed E-state index contributed by atoms with van der Waals surface area (Å²) in [4.78, 5) is 10.7. The fourth-order valence-corrected chi connectivity index (χ4v) is 3.76. The molecule has 0 aromatic heterocycles. The average molecular weight is 368 g/mol. The van der Waals surface area contributed by atoms with Crippen molar-refractivity contribution >= 4 is 11.5 Å². The quantitative estimate of drug-likeness (QED) is 0.710. The molecule has 0 saturated heterocycles. The van der Waals surface area contributed by atoms with E-state index in [-0.39, 0.29) is 12.2 Å². The number of benzene rings is 2. The van der Waals surface area contributed by atoms with Crippen LogP contribution in [0.5, 0.6) is 5.75 Å². The number of carboxylic acids is 1. The van der Waals surface area contributed by atoms with Crippen LogP contribution in [0.2, 0.25) is 0 Å². The lowest BCUT2D eigenvalue weighted by molar-refractivity contribution is -0.136. The highest BCUT2D eigenvalue weighted by Gasteiger charge is 2.23. The number of aryl methyl sites for hydroxylation is 2. The van der Waals surface area contributed by atoms with Gasteiger partial charge in [-0.3, -0.25) is 4.79 Å². The fourth-order valence-electron chi connectivity index (χ4n) is 3.76. The predicted octanol–water partition coefficient (Wildman–Crippen LogP) is 5.41. The lowest BCUT2D eigenvalue weighted by Crippen LogP contribution is -2.05. The zero-order valence-electron chi connectivity index (χ0n) is 15.8. The van der Waals surface area contributed by atoms with Crippen LogP contribution in [-0.2, 0) is 11.2 Å². The molecule has 1 unspecified atom stereocenters. The number of ether oxygens (including phenoxy) is 1. The summed E-state index contributed by atoms with van der Waals surface area (Å²) >= 11 is 0. The first kappa shape index (κ1) is 19.2. The molecular weight excluding hydrogens is 343 g/mol. The summed E-state index contributed by atoms with van der Waals surface area (Å²) in [7, 11) is 0. The maximum Gasteiger partial charge on any atom is 0.303 e. The molecule has 2 aromatic carbocycles. The zero-order valence-corrected chi connectivity index (χ0v) is 15.8. The molecule has 0 spiro atoms. The molecule has 0 fully saturated rings. The van der Waals surface area contributed by atoms with Gasteiger partial charge in [0, 0.05) is 6.42 Å². The minimum atomic E-state index is -0.883. The summed E-state index contributed by atoms with van der Waals surface area (Å²) in [6, 6.07) is 13.4. The van der Waals surface area contributed by atoms with E-state index in [1.807, 2.05) is 25.1 Å². The van der Waals surface area contributed by atoms with Crippen LogP contribution in [0.4, 0.5) is 4.39 Å². The Morgan fingerprint density at radius 1 is 1.26 bits per heavy atom. The number of hydrogen-bond acceptors (Lipinski definition) is 2. The third-order valence-electron chi connectivity index (χ3n) is 5.24. The van der Waals surface area contributed by atoms with Crippen LogP contribution < -0.4 is 4.74 Å². The average Bonchev–Trinajstić information content (AvgIpc) is 3.02. The molecule has 1 atom stereocenters. The third kappa shape index (κ3) is 4.57. The number of rotatable bonds is 7. The molecule has 0 heterocycles. The third-order valence-corrected chi connectivity index (χ3v) is 5.24. The second kappa shape index (κ2) is 8.38. The first-order valence-corrected chi connectivity index (χ1v) is 9.36. The van der Waals surface area contributed by atoms with Crippen molar-refractivity contribution < 1.29 is 19.0 Å². The normalized spacial score (nSPS) is 16.6. The minimum absolute atomic E-state index is 0.00824. The fraction of sp³-hybridized carbons (Fsp3) is 0.348. The maximum atomic E-state index is 14.4. The molecular formula is C23H25FO3. The summed E-state index contributed by atoms with van der Waals surface area (Å²) in [5.74, 6) is -0.623. The van der Waals surface area contributed by atoms with E-state index >= 15 is 0 Å². The molecule has 0 bridgehead atoms. The van der Waals surface area contributed by atoms with Crippen molar-refractivity contribution in [3.05, 3.63) is 70.5 Å². The van der Waals surface area contributed by atoms with Crippen LogP contribution in [-0.4, -0.2) is 17.7 Å². The van der Waals surface area contributed by atoms with Crippen LogP contribution in [0.15, 0.2) is 48.0 Å². The van der Waals surface area contributed by atoms with Gasteiger partial charge in [-0.15, -0.1) is 0 Å². The Morgan fingerprint density at radius 2 is 2.00 bits per heavy atom. The van der Waals surface area contributed by atoms with E-state index in [1.165, 1.54) is 22.8 Å². The van der Waals surface area contributed by atoms with Gasteiger partial charge in [-0.1, -0.05) is 37.3 Å². The second-order valence-electron chi connectivity index (χ2n) is 7.21. The highest BCUT2D eigenvalue weighted by atomic mass is 19.1. The van der Waals surface area contributed by atoms with Gasteiger partial charge < -0.3 is 9.84 Å². The standard InChI is InChI=1S/C23H25FO3/c1-15-8-9-19(23(15)17-6-4-3-5-7-17)14-27-21-12-16(2)18(13-20(21)24)10-11-22(25)26/h3-7,12-13,15H,8-11,14H2,1-2H3,(H,25,26). The van der Waals surface area contributed by atoms with Crippen LogP contribution in [0.25, 0.3) is 5.57 Å². The van der Waals surface area contributed by atoms with Gasteiger partial charge in [0.05, 0.1) is 0 Å². The topological polar surface area (TPSA) is 46.5 Å². The lowest BCUT2D eigenvalue weighted by Gasteiger charge is -2.14. The van der Waals surface area contributed by atoms with E-state index in [9.17, 15) is 9.18 Å². The van der Waals surface area contributed by atoms with E-state index in [0.29, 0.717) is 24.5 Å². The van der Waals surface area contributed by atoms with E-state index < -0.39 is 11.8 Å². The lowest BCUT2D eigenvalue weighted by atomic mass is 9.95. The van der Waals surface area contributed by atoms with Gasteiger partial charge in [0.2, 0.25) is 0 Å². The molecule has 1 aliphatic carbocycles. The Hall–Kier alpha value is -2.62. The molecule has 142 valence electrons. The maximum absolute atomic E-state index is 14.4.